The van der Waals surface area contributed by atoms with Gasteiger partial charge in [0.15, 0.2) is 0 Å². The van der Waals surface area contributed by atoms with Crippen LogP contribution in [0.5, 0.6) is 5.75 Å². The summed E-state index contributed by atoms with van der Waals surface area (Å²) in [6.45, 7) is 4.71. The van der Waals surface area contributed by atoms with Gasteiger partial charge in [-0.15, -0.1) is 0 Å². The normalized spacial score (nSPS) is 21.0. The smallest absolute Gasteiger partial charge is 0.275 e. The Labute approximate surface area is 210 Å². The van der Waals surface area contributed by atoms with E-state index >= 15 is 0 Å². The average molecular weight is 500 g/mol. The van der Waals surface area contributed by atoms with Gasteiger partial charge in [0.1, 0.15) is 24.7 Å². The second kappa shape index (κ2) is 12.4. The molecule has 2 aromatic rings. The number of rotatable bonds is 5. The number of likely N-dealkylation sites (N-methyl/N-ethyl adjacent to an activating group) is 1. The predicted molar refractivity (Wildman–Crippen MR) is 132 cm³/mol. The van der Waals surface area contributed by atoms with Crippen LogP contribution in [-0.2, 0) is 14.3 Å². The first-order valence-electron chi connectivity index (χ1n) is 11.7. The predicted octanol–water partition coefficient (Wildman–Crippen LogP) is 1.71. The second-order valence-corrected chi connectivity index (χ2v) is 8.83. The molecule has 1 aliphatic rings. The molecule has 0 saturated carbocycles. The third-order valence-electron chi connectivity index (χ3n) is 6.09. The molecule has 1 aliphatic heterocycles. The Morgan fingerprint density at radius 2 is 1.97 bits per heavy atom. The van der Waals surface area contributed by atoms with Crippen LogP contribution in [0.25, 0.3) is 0 Å². The molecule has 0 radical (unpaired) electrons. The van der Waals surface area contributed by atoms with Crippen molar-refractivity contribution in [3.63, 3.8) is 0 Å². The lowest BCUT2D eigenvalue weighted by molar-refractivity contribution is -0.139. The molecule has 1 N–H and O–H groups in total. The second-order valence-electron chi connectivity index (χ2n) is 8.83. The van der Waals surface area contributed by atoms with Crippen molar-refractivity contribution in [1.82, 2.24) is 19.8 Å². The SMILES string of the molecule is COCC(=O)N1C[C@@H](C)[C@H](OC)CN(C)C(=O)c2cc(NC(=O)c3cnccn3)ccc2OC[C@@H]1C. The van der Waals surface area contributed by atoms with Gasteiger partial charge >= 0.3 is 0 Å². The van der Waals surface area contributed by atoms with E-state index in [0.717, 1.165) is 0 Å². The highest BCUT2D eigenvalue weighted by Crippen LogP contribution is 2.26. The number of benzene rings is 1. The van der Waals surface area contributed by atoms with Crippen molar-refractivity contribution in [3.8, 4) is 5.75 Å². The van der Waals surface area contributed by atoms with E-state index in [9.17, 15) is 14.4 Å². The monoisotopic (exact) mass is 499 g/mol. The molecule has 3 amide bonds. The van der Waals surface area contributed by atoms with Crippen molar-refractivity contribution in [1.29, 1.82) is 0 Å². The van der Waals surface area contributed by atoms with Crippen molar-refractivity contribution in [2.24, 2.45) is 5.92 Å². The van der Waals surface area contributed by atoms with Crippen LogP contribution >= 0.6 is 0 Å². The zero-order valence-corrected chi connectivity index (χ0v) is 21.3. The number of nitrogens with zero attached hydrogens (tertiary/aromatic N) is 4. The van der Waals surface area contributed by atoms with E-state index in [1.165, 1.54) is 25.7 Å². The Balaban J connectivity index is 1.93. The van der Waals surface area contributed by atoms with Gasteiger partial charge in [0, 0.05) is 58.4 Å². The Kier molecular flexibility index (Phi) is 9.31. The summed E-state index contributed by atoms with van der Waals surface area (Å²) in [5, 5.41) is 2.74. The molecule has 1 aromatic heterocycles. The van der Waals surface area contributed by atoms with Crippen molar-refractivity contribution < 1.29 is 28.6 Å². The molecule has 2 heterocycles. The molecule has 0 saturated heterocycles. The molecule has 3 rings (SSSR count). The van der Waals surface area contributed by atoms with Crippen LogP contribution in [0.2, 0.25) is 0 Å². The molecule has 0 unspecified atom stereocenters. The number of hydrogen-bond acceptors (Lipinski definition) is 8. The summed E-state index contributed by atoms with van der Waals surface area (Å²) in [5.74, 6) is -0.607. The fourth-order valence-corrected chi connectivity index (χ4v) is 4.02. The van der Waals surface area contributed by atoms with E-state index in [2.05, 4.69) is 15.3 Å². The van der Waals surface area contributed by atoms with Gasteiger partial charge in [0.05, 0.1) is 23.9 Å². The molecular formula is C25H33N5O6. The summed E-state index contributed by atoms with van der Waals surface area (Å²) in [6, 6.07) is 4.55. The zero-order chi connectivity index (χ0) is 26.2. The van der Waals surface area contributed by atoms with Crippen molar-refractivity contribution in [3.05, 3.63) is 48.0 Å². The van der Waals surface area contributed by atoms with Gasteiger partial charge in [-0.05, 0) is 25.1 Å². The highest BCUT2D eigenvalue weighted by molar-refractivity contribution is 6.04. The Bertz CT molecular complexity index is 1070. The van der Waals surface area contributed by atoms with Crippen LogP contribution in [-0.4, -0.2) is 97.2 Å². The molecule has 0 spiro atoms. The van der Waals surface area contributed by atoms with Gasteiger partial charge in [0.25, 0.3) is 11.8 Å². The van der Waals surface area contributed by atoms with E-state index < -0.39 is 5.91 Å². The Morgan fingerprint density at radius 3 is 2.64 bits per heavy atom. The van der Waals surface area contributed by atoms with Gasteiger partial charge in [-0.2, -0.15) is 0 Å². The molecule has 3 atom stereocenters. The van der Waals surface area contributed by atoms with Crippen LogP contribution < -0.4 is 10.1 Å². The largest absolute Gasteiger partial charge is 0.491 e. The number of ether oxygens (including phenoxy) is 3. The topological polar surface area (TPSA) is 123 Å². The molecule has 194 valence electrons. The van der Waals surface area contributed by atoms with Gasteiger partial charge in [-0.3, -0.25) is 19.4 Å². The first-order chi connectivity index (χ1) is 17.2. The number of fused-ring (bicyclic) bond motifs is 1. The maximum Gasteiger partial charge on any atom is 0.275 e. The van der Waals surface area contributed by atoms with Crippen molar-refractivity contribution >= 4 is 23.4 Å². The van der Waals surface area contributed by atoms with Crippen LogP contribution in [0.4, 0.5) is 5.69 Å². The molecule has 11 heteroatoms. The molecule has 11 nitrogen and oxygen atoms in total. The summed E-state index contributed by atoms with van der Waals surface area (Å²) < 4.78 is 16.8. The lowest BCUT2D eigenvalue weighted by atomic mass is 10.0. The van der Waals surface area contributed by atoms with Gasteiger partial charge in [-0.1, -0.05) is 6.92 Å². The van der Waals surface area contributed by atoms with Crippen LogP contribution in [0.3, 0.4) is 0 Å². The average Bonchev–Trinajstić information content (AvgIpc) is 2.88. The first-order valence-corrected chi connectivity index (χ1v) is 11.7. The maximum atomic E-state index is 13.4. The number of carbonyl (C=O) groups is 3. The molecule has 36 heavy (non-hydrogen) atoms. The minimum absolute atomic E-state index is 0.0431. The minimum atomic E-state index is -0.452. The number of anilines is 1. The van der Waals surface area contributed by atoms with E-state index in [1.54, 1.807) is 42.2 Å². The summed E-state index contributed by atoms with van der Waals surface area (Å²) in [7, 11) is 4.75. The van der Waals surface area contributed by atoms with Crippen molar-refractivity contribution in [2.75, 3.05) is 52.9 Å². The number of hydrogen-bond donors (Lipinski definition) is 1. The summed E-state index contributed by atoms with van der Waals surface area (Å²) in [4.78, 5) is 49.9. The van der Waals surface area contributed by atoms with E-state index in [0.29, 0.717) is 24.5 Å². The fraction of sp³-hybridized carbons (Fsp3) is 0.480. The van der Waals surface area contributed by atoms with Gasteiger partial charge < -0.3 is 29.3 Å². The lowest BCUT2D eigenvalue weighted by Gasteiger charge is -2.36. The summed E-state index contributed by atoms with van der Waals surface area (Å²) in [6.07, 6.45) is 3.94. The number of nitrogens with one attached hydrogen (secondary N) is 1. The Hall–Kier alpha value is -3.57. The fourth-order valence-electron chi connectivity index (χ4n) is 4.02. The number of methoxy groups -OCH3 is 2. The number of aromatic nitrogens is 2. The number of amides is 3. The molecular weight excluding hydrogens is 466 g/mol. The number of carbonyl (C=O) groups excluding carboxylic acids is 3. The van der Waals surface area contributed by atoms with Crippen LogP contribution in [0, 0.1) is 5.92 Å². The standard InChI is InChI=1S/C25H33N5O6/c1-16-12-30(23(31)15-34-4)17(2)14-36-21-7-6-18(28-24(32)20-11-26-8-9-27-20)10-19(21)25(33)29(3)13-22(16)35-5/h6-11,16-17,22H,12-15H2,1-5H3,(H,28,32)/t16-,17+,22-/m1/s1. The third kappa shape index (κ3) is 6.55. The maximum absolute atomic E-state index is 13.4. The Morgan fingerprint density at radius 1 is 1.19 bits per heavy atom. The van der Waals surface area contributed by atoms with Crippen LogP contribution in [0.1, 0.15) is 34.7 Å². The first kappa shape index (κ1) is 27.0. The highest BCUT2D eigenvalue weighted by atomic mass is 16.5. The van der Waals surface area contributed by atoms with E-state index in [4.69, 9.17) is 14.2 Å². The molecule has 0 bridgehead atoms. The minimum Gasteiger partial charge on any atom is -0.491 e. The van der Waals surface area contributed by atoms with Gasteiger partial charge in [0.2, 0.25) is 5.91 Å². The van der Waals surface area contributed by atoms with Crippen molar-refractivity contribution in [2.45, 2.75) is 26.0 Å². The van der Waals surface area contributed by atoms with E-state index in [1.807, 2.05) is 13.8 Å². The third-order valence-corrected chi connectivity index (χ3v) is 6.09. The summed E-state index contributed by atoms with van der Waals surface area (Å²) >= 11 is 0. The summed E-state index contributed by atoms with van der Waals surface area (Å²) in [5.41, 5.74) is 0.833. The molecule has 0 aliphatic carbocycles. The van der Waals surface area contributed by atoms with E-state index in [-0.39, 0.29) is 54.3 Å². The lowest BCUT2D eigenvalue weighted by Crippen LogP contribution is -2.49. The highest BCUT2D eigenvalue weighted by Gasteiger charge is 2.30. The zero-order valence-electron chi connectivity index (χ0n) is 21.3. The molecule has 1 aromatic carbocycles. The quantitative estimate of drug-likeness (QED) is 0.660. The van der Waals surface area contributed by atoms with Crippen LogP contribution in [0.15, 0.2) is 36.8 Å². The molecule has 0 fully saturated rings. The van der Waals surface area contributed by atoms with Gasteiger partial charge in [-0.25, -0.2) is 4.98 Å².